The van der Waals surface area contributed by atoms with Crippen molar-refractivity contribution in [3.63, 3.8) is 0 Å². The molecule has 2 rings (SSSR count). The molecule has 0 amide bonds. The maximum Gasteiger partial charge on any atom is 0.304 e. The molecule has 0 saturated carbocycles. The smallest absolute Gasteiger partial charge is 0.304 e. The van der Waals surface area contributed by atoms with Crippen LogP contribution in [0.3, 0.4) is 0 Å². The lowest BCUT2D eigenvalue weighted by Crippen LogP contribution is -1.95. The molecule has 0 spiro atoms. The van der Waals surface area contributed by atoms with E-state index in [1.807, 2.05) is 25.1 Å². The van der Waals surface area contributed by atoms with Crippen LogP contribution in [-0.4, -0.2) is 27.0 Å². The summed E-state index contributed by atoms with van der Waals surface area (Å²) in [6.45, 7) is 1.94. The van der Waals surface area contributed by atoms with E-state index in [4.69, 9.17) is 21.1 Å². The van der Waals surface area contributed by atoms with Crippen molar-refractivity contribution in [2.24, 2.45) is 0 Å². The maximum atomic E-state index is 10.4. The maximum absolute atomic E-state index is 10.4. The van der Waals surface area contributed by atoms with Crippen molar-refractivity contribution in [1.29, 1.82) is 0 Å². The second kappa shape index (κ2) is 6.08. The third-order valence-corrected chi connectivity index (χ3v) is 3.44. The molecule has 0 aliphatic rings. The Bertz CT molecular complexity index is 600. The van der Waals surface area contributed by atoms with E-state index in [2.05, 4.69) is 10.2 Å². The van der Waals surface area contributed by atoms with Gasteiger partial charge in [0.1, 0.15) is 0 Å². The number of halogens is 1. The Hall–Kier alpha value is -1.53. The molecule has 0 atom stereocenters. The molecule has 2 aromatic rings. The quantitative estimate of drug-likeness (QED) is 0.854. The number of aromatic nitrogens is 2. The third-order valence-electron chi connectivity index (χ3n) is 2.30. The van der Waals surface area contributed by atoms with Crippen LogP contribution in [0.25, 0.3) is 11.5 Å². The second-order valence-electron chi connectivity index (χ2n) is 3.85. The van der Waals surface area contributed by atoms with Crippen molar-refractivity contribution in [1.82, 2.24) is 10.2 Å². The average molecular weight is 299 g/mol. The highest BCUT2D eigenvalue weighted by Gasteiger charge is 2.12. The molecule has 19 heavy (non-hydrogen) atoms. The molecule has 0 radical (unpaired) electrons. The molecule has 0 aliphatic heterocycles. The normalized spacial score (nSPS) is 10.6. The van der Waals surface area contributed by atoms with Crippen LogP contribution >= 0.6 is 23.4 Å². The van der Waals surface area contributed by atoms with Crippen LogP contribution in [0.1, 0.15) is 12.0 Å². The van der Waals surface area contributed by atoms with Gasteiger partial charge >= 0.3 is 5.97 Å². The predicted octanol–water partition coefficient (Wildman–Crippen LogP) is 3.27. The molecule has 1 heterocycles. The van der Waals surface area contributed by atoms with Gasteiger partial charge in [0.05, 0.1) is 17.0 Å². The van der Waals surface area contributed by atoms with Crippen LogP contribution in [0.15, 0.2) is 27.8 Å². The van der Waals surface area contributed by atoms with Crippen LogP contribution in [0, 0.1) is 6.92 Å². The minimum Gasteiger partial charge on any atom is -0.481 e. The van der Waals surface area contributed by atoms with Crippen LogP contribution < -0.4 is 0 Å². The molecule has 1 aromatic heterocycles. The molecule has 0 bridgehead atoms. The lowest BCUT2D eigenvalue weighted by molar-refractivity contribution is -0.136. The second-order valence-corrected chi connectivity index (χ2v) is 5.30. The topological polar surface area (TPSA) is 76.2 Å². The number of rotatable bonds is 5. The number of nitrogens with zero attached hydrogens (tertiary/aromatic N) is 2. The van der Waals surface area contributed by atoms with Gasteiger partial charge in [-0.2, -0.15) is 0 Å². The van der Waals surface area contributed by atoms with Gasteiger partial charge in [-0.05, 0) is 24.6 Å². The highest BCUT2D eigenvalue weighted by molar-refractivity contribution is 7.99. The van der Waals surface area contributed by atoms with Gasteiger partial charge in [0, 0.05) is 5.75 Å². The lowest BCUT2D eigenvalue weighted by atomic mass is 10.1. The molecular formula is C12H11ClN2O3S. The SMILES string of the molecule is Cc1ccc(-c2nnc(SCCC(=O)O)o2)c(Cl)c1. The first kappa shape index (κ1) is 13.9. The van der Waals surface area contributed by atoms with Gasteiger partial charge in [0.25, 0.3) is 5.22 Å². The minimum absolute atomic E-state index is 0.0493. The summed E-state index contributed by atoms with van der Waals surface area (Å²) in [6, 6.07) is 5.54. The van der Waals surface area contributed by atoms with E-state index in [0.717, 1.165) is 5.56 Å². The summed E-state index contributed by atoms with van der Waals surface area (Å²) >= 11 is 7.32. The lowest BCUT2D eigenvalue weighted by Gasteiger charge is -1.99. The number of hydrogen-bond donors (Lipinski definition) is 1. The van der Waals surface area contributed by atoms with Crippen molar-refractivity contribution in [3.8, 4) is 11.5 Å². The van der Waals surface area contributed by atoms with Crippen molar-refractivity contribution in [2.75, 3.05) is 5.75 Å². The summed E-state index contributed by atoms with van der Waals surface area (Å²) in [5.41, 5.74) is 1.72. The van der Waals surface area contributed by atoms with Crippen molar-refractivity contribution < 1.29 is 14.3 Å². The summed E-state index contributed by atoms with van der Waals surface area (Å²) in [7, 11) is 0. The van der Waals surface area contributed by atoms with E-state index in [1.165, 1.54) is 11.8 Å². The molecule has 0 fully saturated rings. The largest absolute Gasteiger partial charge is 0.481 e. The number of benzene rings is 1. The highest BCUT2D eigenvalue weighted by Crippen LogP contribution is 2.29. The number of carboxylic acids is 1. The van der Waals surface area contributed by atoms with Gasteiger partial charge < -0.3 is 9.52 Å². The molecule has 0 saturated heterocycles. The van der Waals surface area contributed by atoms with Gasteiger partial charge in [-0.15, -0.1) is 10.2 Å². The number of aryl methyl sites for hydroxylation is 1. The van der Waals surface area contributed by atoms with Gasteiger partial charge in [-0.3, -0.25) is 4.79 Å². The summed E-state index contributed by atoms with van der Waals surface area (Å²) in [5.74, 6) is -0.130. The van der Waals surface area contributed by atoms with Gasteiger partial charge in [-0.1, -0.05) is 29.4 Å². The standard InChI is InChI=1S/C12H11ClN2O3S/c1-7-2-3-8(9(13)6-7)11-14-15-12(18-11)19-5-4-10(16)17/h2-3,6H,4-5H2,1H3,(H,16,17). The Labute approximate surface area is 119 Å². The summed E-state index contributed by atoms with van der Waals surface area (Å²) in [5, 5.41) is 17.2. The van der Waals surface area contributed by atoms with E-state index in [-0.39, 0.29) is 6.42 Å². The van der Waals surface area contributed by atoms with Crippen LogP contribution in [0.4, 0.5) is 0 Å². The molecule has 0 unspecified atom stereocenters. The van der Waals surface area contributed by atoms with Gasteiger partial charge in [0.2, 0.25) is 5.89 Å². The van der Waals surface area contributed by atoms with Crippen molar-refractivity contribution >= 4 is 29.3 Å². The minimum atomic E-state index is -0.853. The highest BCUT2D eigenvalue weighted by atomic mass is 35.5. The monoisotopic (exact) mass is 298 g/mol. The molecule has 1 N–H and O–H groups in total. The molecular weight excluding hydrogens is 288 g/mol. The number of carbonyl (C=O) groups is 1. The summed E-state index contributed by atoms with van der Waals surface area (Å²) < 4.78 is 5.44. The molecule has 100 valence electrons. The number of thioether (sulfide) groups is 1. The predicted molar refractivity (Wildman–Crippen MR) is 72.5 cm³/mol. The van der Waals surface area contributed by atoms with Gasteiger partial charge in [-0.25, -0.2) is 0 Å². The molecule has 0 aliphatic carbocycles. The van der Waals surface area contributed by atoms with Crippen molar-refractivity contribution in [3.05, 3.63) is 28.8 Å². The Morgan fingerprint density at radius 3 is 2.95 bits per heavy atom. The zero-order valence-corrected chi connectivity index (χ0v) is 11.7. The number of hydrogen-bond acceptors (Lipinski definition) is 5. The van der Waals surface area contributed by atoms with Crippen molar-refractivity contribution in [2.45, 2.75) is 18.6 Å². The summed E-state index contributed by atoms with van der Waals surface area (Å²) in [4.78, 5) is 10.4. The summed E-state index contributed by atoms with van der Waals surface area (Å²) in [6.07, 6.45) is 0.0493. The molecule has 5 nitrogen and oxygen atoms in total. The third kappa shape index (κ3) is 3.71. The van der Waals surface area contributed by atoms with E-state index in [1.54, 1.807) is 0 Å². The van der Waals surface area contributed by atoms with Gasteiger partial charge in [0.15, 0.2) is 0 Å². The Balaban J connectivity index is 2.10. The molecule has 1 aromatic carbocycles. The molecule has 7 heteroatoms. The van der Waals surface area contributed by atoms with E-state index >= 15 is 0 Å². The Morgan fingerprint density at radius 1 is 1.47 bits per heavy atom. The Kier molecular flexibility index (Phi) is 4.44. The van der Waals surface area contributed by atoms with Crippen LogP contribution in [0.2, 0.25) is 5.02 Å². The number of carboxylic acid groups (broad SMARTS) is 1. The van der Waals surface area contributed by atoms with E-state index < -0.39 is 5.97 Å². The first-order chi connectivity index (χ1) is 9.06. The fraction of sp³-hybridized carbons (Fsp3) is 0.250. The zero-order chi connectivity index (χ0) is 13.8. The average Bonchev–Trinajstić information content (AvgIpc) is 2.77. The van der Waals surface area contributed by atoms with Crippen LogP contribution in [-0.2, 0) is 4.79 Å². The number of aliphatic carboxylic acids is 1. The first-order valence-corrected chi connectivity index (χ1v) is 6.87. The fourth-order valence-electron chi connectivity index (χ4n) is 1.40. The van der Waals surface area contributed by atoms with E-state index in [0.29, 0.717) is 27.5 Å². The first-order valence-electron chi connectivity index (χ1n) is 5.51. The Morgan fingerprint density at radius 2 is 2.26 bits per heavy atom. The van der Waals surface area contributed by atoms with Crippen LogP contribution in [0.5, 0.6) is 0 Å². The fourth-order valence-corrected chi connectivity index (χ4v) is 2.40. The zero-order valence-electron chi connectivity index (χ0n) is 10.1. The van der Waals surface area contributed by atoms with E-state index in [9.17, 15) is 4.79 Å².